The van der Waals surface area contributed by atoms with Crippen molar-refractivity contribution in [2.24, 2.45) is 0 Å². The zero-order valence-electron chi connectivity index (χ0n) is 11.0. The van der Waals surface area contributed by atoms with Gasteiger partial charge >= 0.3 is 24.8 Å². The summed E-state index contributed by atoms with van der Waals surface area (Å²) in [5.41, 5.74) is 0. The van der Waals surface area contributed by atoms with Crippen molar-refractivity contribution in [3.8, 4) is 11.8 Å². The first-order valence-electron chi connectivity index (χ1n) is 5.35. The van der Waals surface area contributed by atoms with Crippen molar-refractivity contribution in [1.82, 2.24) is 4.90 Å². The fourth-order valence-electron chi connectivity index (χ4n) is 0.674. The van der Waals surface area contributed by atoms with Gasteiger partial charge in [-0.2, -0.15) is 6.42 Å². The van der Waals surface area contributed by atoms with Crippen LogP contribution in [-0.2, 0) is 4.79 Å². The third-order valence-electron chi connectivity index (χ3n) is 1.75. The minimum absolute atomic E-state index is 0. The zero-order chi connectivity index (χ0) is 12.1. The van der Waals surface area contributed by atoms with Gasteiger partial charge in [-0.05, 0) is 13.1 Å². The molecule has 0 aliphatic rings. The Hall–Kier alpha value is -0.413. The minimum atomic E-state index is -1.06. The van der Waals surface area contributed by atoms with Gasteiger partial charge in [-0.1, -0.05) is 33.1 Å². The molecule has 0 spiro atoms. The number of unbranched alkanes of at least 4 members (excludes halogenated alkanes) is 1. The minimum Gasteiger partial charge on any atom is -0.472 e. The summed E-state index contributed by atoms with van der Waals surface area (Å²) in [6, 6.07) is 0. The van der Waals surface area contributed by atoms with Gasteiger partial charge in [0.25, 0.3) is 0 Å². The van der Waals surface area contributed by atoms with Crippen molar-refractivity contribution in [2.75, 3.05) is 19.6 Å². The molecule has 0 atom stereocenters. The van der Waals surface area contributed by atoms with Gasteiger partial charge in [0.15, 0.2) is 0 Å². The molecule has 0 aromatic rings. The summed E-state index contributed by atoms with van der Waals surface area (Å²) >= 11 is 0. The van der Waals surface area contributed by atoms with E-state index in [2.05, 4.69) is 30.6 Å². The Morgan fingerprint density at radius 3 is 2.00 bits per heavy atom. The molecule has 0 rings (SSSR count). The van der Waals surface area contributed by atoms with Crippen molar-refractivity contribution in [2.45, 2.75) is 33.6 Å². The largest absolute Gasteiger partial charge is 1.00 e. The number of carboxylic acids is 1. The molecule has 0 aliphatic heterocycles. The second-order valence-electron chi connectivity index (χ2n) is 2.92. The number of nitrogens with zero attached hydrogens (tertiary/aromatic N) is 1. The normalized spacial score (nSPS) is 8.06. The summed E-state index contributed by atoms with van der Waals surface area (Å²) < 4.78 is 0. The molecular formula is C12H22LiNO2. The van der Waals surface area contributed by atoms with E-state index in [4.69, 9.17) is 5.11 Å². The van der Waals surface area contributed by atoms with Gasteiger partial charge in [0, 0.05) is 5.92 Å². The molecule has 88 valence electrons. The van der Waals surface area contributed by atoms with E-state index < -0.39 is 5.97 Å². The smallest absolute Gasteiger partial charge is 0.472 e. The van der Waals surface area contributed by atoms with E-state index in [9.17, 15) is 4.79 Å². The van der Waals surface area contributed by atoms with Crippen molar-refractivity contribution in [1.29, 1.82) is 0 Å². The molecular weight excluding hydrogens is 197 g/mol. The van der Waals surface area contributed by atoms with E-state index in [1.54, 1.807) is 0 Å². The molecule has 0 aromatic carbocycles. The molecule has 0 bridgehead atoms. The molecule has 0 unspecified atom stereocenters. The zero-order valence-corrected chi connectivity index (χ0v) is 11.0. The second kappa shape index (κ2) is 17.0. The molecule has 1 N–H and O–H groups in total. The summed E-state index contributed by atoms with van der Waals surface area (Å²) in [6.07, 6.45) is 2.28. The molecule has 3 nitrogen and oxygen atoms in total. The van der Waals surface area contributed by atoms with E-state index >= 15 is 0 Å². The number of rotatable bonds is 4. The molecule has 0 fully saturated rings. The summed E-state index contributed by atoms with van der Waals surface area (Å²) in [7, 11) is 0. The van der Waals surface area contributed by atoms with Crippen molar-refractivity contribution < 1.29 is 28.8 Å². The van der Waals surface area contributed by atoms with E-state index in [0.29, 0.717) is 6.54 Å². The monoisotopic (exact) mass is 219 g/mol. The van der Waals surface area contributed by atoms with Crippen molar-refractivity contribution in [3.63, 3.8) is 0 Å². The predicted molar refractivity (Wildman–Crippen MR) is 63.5 cm³/mol. The maximum absolute atomic E-state index is 9.97. The first-order chi connectivity index (χ1) is 7.12. The van der Waals surface area contributed by atoms with Crippen LogP contribution in [0.2, 0.25) is 0 Å². The van der Waals surface area contributed by atoms with E-state index in [0.717, 1.165) is 19.5 Å². The van der Waals surface area contributed by atoms with Crippen molar-refractivity contribution >= 4 is 5.97 Å². The van der Waals surface area contributed by atoms with Gasteiger partial charge in [0.1, 0.15) is 0 Å². The first-order valence-corrected chi connectivity index (χ1v) is 5.35. The maximum atomic E-state index is 9.97. The predicted octanol–water partition coefficient (Wildman–Crippen LogP) is -0.959. The summed E-state index contributed by atoms with van der Waals surface area (Å²) in [5.74, 6) is 3.57. The fourth-order valence-corrected chi connectivity index (χ4v) is 0.674. The Morgan fingerprint density at radius 1 is 1.31 bits per heavy atom. The maximum Gasteiger partial charge on any atom is 1.00 e. The quantitative estimate of drug-likeness (QED) is 0.376. The van der Waals surface area contributed by atoms with E-state index in [1.807, 2.05) is 13.8 Å². The molecule has 0 amide bonds. The van der Waals surface area contributed by atoms with E-state index in [1.165, 1.54) is 6.42 Å². The van der Waals surface area contributed by atoms with Gasteiger partial charge in [-0.3, -0.25) is 4.90 Å². The Labute approximate surface area is 112 Å². The van der Waals surface area contributed by atoms with Gasteiger partial charge in [0.2, 0.25) is 0 Å². The van der Waals surface area contributed by atoms with E-state index in [-0.39, 0.29) is 18.9 Å². The number of aliphatic carboxylic acids is 1. The molecule has 0 saturated heterocycles. The first kappa shape index (κ1) is 20.9. The van der Waals surface area contributed by atoms with Crippen LogP contribution in [0.4, 0.5) is 0 Å². The van der Waals surface area contributed by atoms with Gasteiger partial charge in [-0.25, -0.2) is 4.79 Å². The molecule has 0 saturated carbocycles. The average molecular weight is 219 g/mol. The number of carbonyl (C=O) groups is 1. The van der Waals surface area contributed by atoms with Crippen LogP contribution < -0.4 is 18.9 Å². The van der Waals surface area contributed by atoms with Gasteiger partial charge in [0.05, 0.1) is 6.54 Å². The summed E-state index contributed by atoms with van der Waals surface area (Å²) in [5, 5.41) is 8.18. The molecule has 4 heteroatoms. The van der Waals surface area contributed by atoms with Crippen LogP contribution in [0.3, 0.4) is 0 Å². The Morgan fingerprint density at radius 2 is 1.75 bits per heavy atom. The SMILES string of the molecule is CCN(CC)CC#CC(=O)O.[CH2-]CCC.[Li+]. The van der Waals surface area contributed by atoms with Crippen LogP contribution >= 0.6 is 0 Å². The Kier molecular flexibility index (Phi) is 22.2. The standard InChI is InChI=1S/C8H13NO2.C4H9.Li/c1-3-9(4-2)7-5-6-8(10)11;1-3-4-2;/h3-4,7H2,1-2H3,(H,10,11);1,3-4H2,2H3;/q;-1;+1. The second-order valence-corrected chi connectivity index (χ2v) is 2.92. The van der Waals surface area contributed by atoms with Crippen LogP contribution in [0.5, 0.6) is 0 Å². The molecule has 0 heterocycles. The van der Waals surface area contributed by atoms with Crippen LogP contribution in [0.15, 0.2) is 0 Å². The van der Waals surface area contributed by atoms with Crippen LogP contribution in [-0.4, -0.2) is 35.6 Å². The number of hydrogen-bond acceptors (Lipinski definition) is 2. The molecule has 0 aliphatic carbocycles. The Balaban J connectivity index is -0.000000292. The molecule has 16 heavy (non-hydrogen) atoms. The average Bonchev–Trinajstić information content (AvgIpc) is 2.24. The van der Waals surface area contributed by atoms with Crippen molar-refractivity contribution in [3.05, 3.63) is 6.92 Å². The van der Waals surface area contributed by atoms with Gasteiger partial charge in [-0.15, -0.1) is 0 Å². The molecule has 0 radical (unpaired) electrons. The number of carboxylic acid groups (broad SMARTS) is 1. The topological polar surface area (TPSA) is 40.5 Å². The van der Waals surface area contributed by atoms with Crippen LogP contribution in [0.25, 0.3) is 0 Å². The summed E-state index contributed by atoms with van der Waals surface area (Å²) in [6.45, 7) is 12.1. The summed E-state index contributed by atoms with van der Waals surface area (Å²) in [4.78, 5) is 12.0. The Bertz CT molecular complexity index is 203. The molecule has 0 aromatic heterocycles. The third kappa shape index (κ3) is 19.2. The van der Waals surface area contributed by atoms with Crippen LogP contribution in [0, 0.1) is 18.8 Å². The fraction of sp³-hybridized carbons (Fsp3) is 0.667. The number of hydrogen-bond donors (Lipinski definition) is 1. The van der Waals surface area contributed by atoms with Gasteiger partial charge < -0.3 is 12.0 Å². The third-order valence-corrected chi connectivity index (χ3v) is 1.75. The van der Waals surface area contributed by atoms with Crippen LogP contribution in [0.1, 0.15) is 33.6 Å².